The summed E-state index contributed by atoms with van der Waals surface area (Å²) in [6.45, 7) is 3.75. The minimum absolute atomic E-state index is 0.969. The topological polar surface area (TPSA) is 25.8 Å². The molecular weight excluding hydrogens is 124 g/mol. The average Bonchev–Trinajstić information content (AvgIpc) is 2.03. The number of aromatic nitrogens is 2. The molecule has 1 heterocycles. The first-order chi connectivity index (χ1) is 4.93. The molecule has 0 saturated carbocycles. The molecule has 0 saturated heterocycles. The highest BCUT2D eigenvalue weighted by molar-refractivity contribution is 4.94. The SMILES string of the molecule is [CH2]CCCc1cnccn1. The fourth-order valence-electron chi connectivity index (χ4n) is 0.765. The molecule has 53 valence electrons. The summed E-state index contributed by atoms with van der Waals surface area (Å²) in [5.74, 6) is 0. The monoisotopic (exact) mass is 135 g/mol. The second-order valence-corrected chi connectivity index (χ2v) is 2.15. The van der Waals surface area contributed by atoms with Gasteiger partial charge in [0.2, 0.25) is 0 Å². The van der Waals surface area contributed by atoms with Crippen LogP contribution in [0.15, 0.2) is 18.6 Å². The third kappa shape index (κ3) is 2.13. The van der Waals surface area contributed by atoms with Crippen LogP contribution in [0.4, 0.5) is 0 Å². The van der Waals surface area contributed by atoms with E-state index in [2.05, 4.69) is 16.9 Å². The third-order valence-electron chi connectivity index (χ3n) is 1.30. The molecule has 0 unspecified atom stereocenters. The standard InChI is InChI=1S/C8H11N2/c1-2-3-4-8-7-9-5-6-10-8/h5-7H,1-4H2. The molecule has 1 radical (unpaired) electrons. The van der Waals surface area contributed by atoms with Crippen molar-refractivity contribution >= 4 is 0 Å². The second-order valence-electron chi connectivity index (χ2n) is 2.15. The van der Waals surface area contributed by atoms with Crippen LogP contribution in [0, 0.1) is 6.92 Å². The molecule has 0 N–H and O–H groups in total. The van der Waals surface area contributed by atoms with Crippen molar-refractivity contribution in [1.29, 1.82) is 0 Å². The summed E-state index contributed by atoms with van der Waals surface area (Å²) in [5.41, 5.74) is 1.06. The fraction of sp³-hybridized carbons (Fsp3) is 0.375. The van der Waals surface area contributed by atoms with Crippen LogP contribution in [0.3, 0.4) is 0 Å². The normalized spacial score (nSPS) is 9.70. The molecular formula is C8H11N2. The maximum atomic E-state index is 4.13. The van der Waals surface area contributed by atoms with Gasteiger partial charge >= 0.3 is 0 Å². The molecule has 1 aromatic heterocycles. The summed E-state index contributed by atoms with van der Waals surface area (Å²) in [6, 6.07) is 0. The van der Waals surface area contributed by atoms with Gasteiger partial charge in [0.15, 0.2) is 0 Å². The molecule has 10 heavy (non-hydrogen) atoms. The Morgan fingerprint density at radius 3 is 2.90 bits per heavy atom. The number of rotatable bonds is 3. The Labute approximate surface area is 61.3 Å². The molecule has 2 nitrogen and oxygen atoms in total. The van der Waals surface area contributed by atoms with E-state index in [0.29, 0.717) is 0 Å². The molecule has 0 bridgehead atoms. The third-order valence-corrected chi connectivity index (χ3v) is 1.30. The average molecular weight is 135 g/mol. The van der Waals surface area contributed by atoms with Crippen molar-refractivity contribution in [2.75, 3.05) is 0 Å². The molecule has 1 aromatic rings. The van der Waals surface area contributed by atoms with Crippen molar-refractivity contribution in [2.24, 2.45) is 0 Å². The summed E-state index contributed by atoms with van der Waals surface area (Å²) in [6.07, 6.45) is 8.27. The summed E-state index contributed by atoms with van der Waals surface area (Å²) in [5, 5.41) is 0. The van der Waals surface area contributed by atoms with Gasteiger partial charge in [-0.3, -0.25) is 9.97 Å². The summed E-state index contributed by atoms with van der Waals surface area (Å²) in [4.78, 5) is 8.08. The van der Waals surface area contributed by atoms with Gasteiger partial charge in [0.25, 0.3) is 0 Å². The quantitative estimate of drug-likeness (QED) is 0.629. The van der Waals surface area contributed by atoms with Crippen molar-refractivity contribution in [3.8, 4) is 0 Å². The van der Waals surface area contributed by atoms with Crippen LogP contribution < -0.4 is 0 Å². The van der Waals surface area contributed by atoms with E-state index < -0.39 is 0 Å². The Bertz CT molecular complexity index is 172. The van der Waals surface area contributed by atoms with E-state index in [9.17, 15) is 0 Å². The summed E-state index contributed by atoms with van der Waals surface area (Å²) < 4.78 is 0. The lowest BCUT2D eigenvalue weighted by atomic mass is 10.2. The first-order valence-electron chi connectivity index (χ1n) is 3.47. The Hall–Kier alpha value is -0.920. The highest BCUT2D eigenvalue weighted by atomic mass is 14.8. The van der Waals surface area contributed by atoms with Gasteiger partial charge in [0.1, 0.15) is 0 Å². The zero-order valence-corrected chi connectivity index (χ0v) is 5.95. The van der Waals surface area contributed by atoms with Crippen molar-refractivity contribution in [3.63, 3.8) is 0 Å². The molecule has 0 spiro atoms. The van der Waals surface area contributed by atoms with Gasteiger partial charge in [-0.25, -0.2) is 0 Å². The molecule has 2 heteroatoms. The highest BCUT2D eigenvalue weighted by Crippen LogP contribution is 1.97. The van der Waals surface area contributed by atoms with Gasteiger partial charge in [0, 0.05) is 18.6 Å². The largest absolute Gasteiger partial charge is 0.261 e. The van der Waals surface area contributed by atoms with Gasteiger partial charge in [-0.1, -0.05) is 13.3 Å². The van der Waals surface area contributed by atoms with Crippen LogP contribution in [0.5, 0.6) is 0 Å². The van der Waals surface area contributed by atoms with Crippen molar-refractivity contribution in [2.45, 2.75) is 19.3 Å². The number of nitrogens with zero attached hydrogens (tertiary/aromatic N) is 2. The highest BCUT2D eigenvalue weighted by Gasteiger charge is 1.90. The zero-order valence-electron chi connectivity index (χ0n) is 5.95. The predicted molar refractivity (Wildman–Crippen MR) is 40.3 cm³/mol. The number of hydrogen-bond acceptors (Lipinski definition) is 2. The lowest BCUT2D eigenvalue weighted by Crippen LogP contribution is -1.89. The van der Waals surface area contributed by atoms with Gasteiger partial charge in [-0.15, -0.1) is 0 Å². The molecule has 0 atom stereocenters. The fourth-order valence-corrected chi connectivity index (χ4v) is 0.765. The number of hydrogen-bond donors (Lipinski definition) is 0. The van der Waals surface area contributed by atoms with Gasteiger partial charge in [-0.2, -0.15) is 0 Å². The first-order valence-corrected chi connectivity index (χ1v) is 3.47. The maximum absolute atomic E-state index is 4.13. The van der Waals surface area contributed by atoms with E-state index in [0.717, 1.165) is 25.0 Å². The second kappa shape index (κ2) is 3.99. The lowest BCUT2D eigenvalue weighted by Gasteiger charge is -1.94. The van der Waals surface area contributed by atoms with Crippen molar-refractivity contribution in [1.82, 2.24) is 9.97 Å². The van der Waals surface area contributed by atoms with Crippen molar-refractivity contribution in [3.05, 3.63) is 31.2 Å². The smallest absolute Gasteiger partial charge is 0.0586 e. The van der Waals surface area contributed by atoms with Crippen LogP contribution in [0.25, 0.3) is 0 Å². The van der Waals surface area contributed by atoms with Gasteiger partial charge in [0.05, 0.1) is 5.69 Å². The Morgan fingerprint density at radius 1 is 1.40 bits per heavy atom. The minimum Gasteiger partial charge on any atom is -0.261 e. The summed E-state index contributed by atoms with van der Waals surface area (Å²) >= 11 is 0. The van der Waals surface area contributed by atoms with Crippen LogP contribution in [-0.2, 0) is 6.42 Å². The molecule has 0 amide bonds. The molecule has 0 fully saturated rings. The van der Waals surface area contributed by atoms with Crippen molar-refractivity contribution < 1.29 is 0 Å². The van der Waals surface area contributed by atoms with E-state index in [4.69, 9.17) is 0 Å². The van der Waals surface area contributed by atoms with Crippen LogP contribution in [0.2, 0.25) is 0 Å². The van der Waals surface area contributed by atoms with Crippen LogP contribution in [-0.4, -0.2) is 9.97 Å². The van der Waals surface area contributed by atoms with Gasteiger partial charge in [-0.05, 0) is 12.8 Å². The molecule has 0 aliphatic rings. The Kier molecular flexibility index (Phi) is 2.87. The van der Waals surface area contributed by atoms with Gasteiger partial charge < -0.3 is 0 Å². The number of unbranched alkanes of at least 4 members (excludes halogenated alkanes) is 1. The molecule has 0 aliphatic carbocycles. The minimum atomic E-state index is 0.969. The van der Waals surface area contributed by atoms with Crippen LogP contribution in [0.1, 0.15) is 18.5 Å². The Morgan fingerprint density at radius 2 is 2.30 bits per heavy atom. The first kappa shape index (κ1) is 7.19. The molecule has 0 aromatic carbocycles. The lowest BCUT2D eigenvalue weighted by molar-refractivity contribution is 0.809. The number of aryl methyl sites for hydroxylation is 1. The van der Waals surface area contributed by atoms with Crippen LogP contribution >= 0.6 is 0 Å². The van der Waals surface area contributed by atoms with E-state index in [-0.39, 0.29) is 0 Å². The molecule has 1 rings (SSSR count). The van der Waals surface area contributed by atoms with E-state index in [1.54, 1.807) is 18.6 Å². The van der Waals surface area contributed by atoms with E-state index in [1.165, 1.54) is 0 Å². The maximum Gasteiger partial charge on any atom is 0.0586 e. The van der Waals surface area contributed by atoms with E-state index in [1.807, 2.05) is 0 Å². The zero-order chi connectivity index (χ0) is 7.23. The predicted octanol–water partition coefficient (Wildman–Crippen LogP) is 1.63. The Balaban J connectivity index is 2.43. The van der Waals surface area contributed by atoms with E-state index >= 15 is 0 Å². The molecule has 0 aliphatic heterocycles. The summed E-state index contributed by atoms with van der Waals surface area (Å²) in [7, 11) is 0.